The first kappa shape index (κ1) is 61.6. The fourth-order valence-corrected chi connectivity index (χ4v) is 14.3. The summed E-state index contributed by atoms with van der Waals surface area (Å²) >= 11 is 0. The number of imide groups is 1. The molecule has 1 saturated heterocycles. The van der Waals surface area contributed by atoms with Gasteiger partial charge in [-0.15, -0.1) is 5.06 Å². The van der Waals surface area contributed by atoms with E-state index >= 15 is 0 Å². The Morgan fingerprint density at radius 1 is 0.767 bits per heavy atom. The number of ether oxygens (including phenoxy) is 7. The van der Waals surface area contributed by atoms with Crippen LogP contribution in [0.25, 0.3) is 0 Å². The Labute approximate surface area is 506 Å². The Balaban J connectivity index is 0.923. The van der Waals surface area contributed by atoms with Gasteiger partial charge in [-0.25, -0.2) is 4.79 Å². The van der Waals surface area contributed by atoms with Crippen molar-refractivity contribution in [3.8, 4) is 23.0 Å². The van der Waals surface area contributed by atoms with Crippen molar-refractivity contribution in [2.75, 3.05) is 99.8 Å². The number of pyridine rings is 1. The topological polar surface area (TPSA) is 264 Å². The van der Waals surface area contributed by atoms with Crippen LogP contribution in [0.2, 0.25) is 0 Å². The van der Waals surface area contributed by atoms with E-state index in [9.17, 15) is 36.9 Å². The summed E-state index contributed by atoms with van der Waals surface area (Å²) in [4.78, 5) is 86.3. The van der Waals surface area contributed by atoms with Gasteiger partial charge >= 0.3 is 5.97 Å². The molecule has 5 aliphatic heterocycles. The molecular weight excluding hydrogens is 1170 g/mol. The van der Waals surface area contributed by atoms with E-state index in [1.807, 2.05) is 79.4 Å². The summed E-state index contributed by atoms with van der Waals surface area (Å²) in [6.45, 7) is 6.80. The number of para-hydroxylation sites is 2. The SMILES string of the molecule is COCCOCCOCCN(CC(C)(C)SSCCC(C(=O)ON1C(=O)CCC1=O)S(=O)(=O)O)c1cc(COc2cc3c(cc2OC)C(=O)N2c4ccccc4C[C@H]2C=N3)nc(COc2cc3c(cc2OC)C(=O)N2c4ccccc4C[C@H]2CN3)c1. The smallest absolute Gasteiger partial charge is 0.353 e. The monoisotopic (exact) mass is 1240 g/mol. The summed E-state index contributed by atoms with van der Waals surface area (Å²) in [7, 11) is 2.27. The number of hydrogen-bond donors (Lipinski definition) is 2. The van der Waals surface area contributed by atoms with Crippen LogP contribution < -0.4 is 39.0 Å². The van der Waals surface area contributed by atoms with Gasteiger partial charge in [0, 0.05) is 91.9 Å². The number of nitrogens with one attached hydrogen (secondary N) is 1. The van der Waals surface area contributed by atoms with Crippen molar-refractivity contribution in [1.29, 1.82) is 0 Å². The summed E-state index contributed by atoms with van der Waals surface area (Å²) in [5.41, 5.74) is 7.35. The largest absolute Gasteiger partial charge is 0.493 e. The third-order valence-corrected chi connectivity index (χ3v) is 19.4. The van der Waals surface area contributed by atoms with Crippen molar-refractivity contribution in [2.45, 2.75) is 81.2 Å². The van der Waals surface area contributed by atoms with Crippen molar-refractivity contribution in [1.82, 2.24) is 10.0 Å². The fourth-order valence-electron chi connectivity index (χ4n) is 10.8. The van der Waals surface area contributed by atoms with E-state index in [0.29, 0.717) is 121 Å². The fraction of sp³-hybridized carbons (Fsp3) is 0.417. The molecule has 23 nitrogen and oxygen atoms in total. The van der Waals surface area contributed by atoms with Crippen LogP contribution in [0.4, 0.5) is 28.4 Å². The normalized spacial score (nSPS) is 17.2. The Morgan fingerprint density at radius 2 is 1.37 bits per heavy atom. The Hall–Kier alpha value is -7.46. The molecule has 4 amide bonds. The molecule has 86 heavy (non-hydrogen) atoms. The Kier molecular flexibility index (Phi) is 19.4. The van der Waals surface area contributed by atoms with Crippen LogP contribution in [0.1, 0.15) is 76.3 Å². The van der Waals surface area contributed by atoms with Gasteiger partial charge in [-0.2, -0.15) is 8.42 Å². The quantitative estimate of drug-likeness (QED) is 0.0213. The van der Waals surface area contributed by atoms with E-state index in [4.69, 9.17) is 48.0 Å². The minimum atomic E-state index is -5.00. The number of aliphatic imine (C=N–C) groups is 1. The lowest BCUT2D eigenvalue weighted by Crippen LogP contribution is -2.40. The highest BCUT2D eigenvalue weighted by Gasteiger charge is 2.41. The molecule has 5 aromatic rings. The third-order valence-electron chi connectivity index (χ3n) is 15.0. The van der Waals surface area contributed by atoms with Crippen molar-refractivity contribution in [2.24, 2.45) is 4.99 Å². The van der Waals surface area contributed by atoms with Gasteiger partial charge < -0.3 is 53.1 Å². The van der Waals surface area contributed by atoms with Gasteiger partial charge in [0.15, 0.2) is 28.2 Å². The van der Waals surface area contributed by atoms with E-state index in [0.717, 1.165) is 22.5 Å². The van der Waals surface area contributed by atoms with E-state index < -0.39 is 37.9 Å². The predicted molar refractivity (Wildman–Crippen MR) is 324 cm³/mol. The number of amides is 4. The minimum Gasteiger partial charge on any atom is -0.493 e. The summed E-state index contributed by atoms with van der Waals surface area (Å²) in [6.07, 6.45) is 2.36. The highest BCUT2D eigenvalue weighted by Crippen LogP contribution is 2.44. The molecule has 5 aliphatic rings. The van der Waals surface area contributed by atoms with E-state index in [1.54, 1.807) is 42.5 Å². The second-order valence-electron chi connectivity index (χ2n) is 21.4. The van der Waals surface area contributed by atoms with Crippen LogP contribution in [0, 0.1) is 0 Å². The zero-order chi connectivity index (χ0) is 60.7. The zero-order valence-corrected chi connectivity index (χ0v) is 50.6. The molecule has 0 saturated carbocycles. The summed E-state index contributed by atoms with van der Waals surface area (Å²) in [5.74, 6) is -2.01. The van der Waals surface area contributed by atoms with Gasteiger partial charge in [0.25, 0.3) is 33.7 Å². The van der Waals surface area contributed by atoms with Crippen molar-refractivity contribution >= 4 is 96.0 Å². The molecule has 10 rings (SSSR count). The van der Waals surface area contributed by atoms with E-state index in [1.165, 1.54) is 35.8 Å². The molecule has 1 unspecified atom stereocenters. The Bertz CT molecular complexity index is 3520. The van der Waals surface area contributed by atoms with E-state index in [2.05, 4.69) is 10.2 Å². The zero-order valence-electron chi connectivity index (χ0n) is 48.2. The number of nitrogens with zero attached hydrogens (tertiary/aromatic N) is 6. The first-order valence-electron chi connectivity index (χ1n) is 28.0. The molecule has 26 heteroatoms. The number of benzene rings is 4. The summed E-state index contributed by atoms with van der Waals surface area (Å²) in [5, 5.41) is 1.68. The standard InChI is InChI=1S/C60H67N7O16S3/c1-60(2,85-84-23-16-54(86(73,74)75)59(72)83-67-55(68)14-15-56(67)69)36-64(17-18-79-21-22-80-20-19-76-3)41-26-39(34-81-52-30-46-44(28-50(52)77-4)57(70)65-42(32-61-46)24-37-10-6-8-12-48(37)65)63-40(27-41)35-82-53-31-47-45(29-51(53)78-5)58(71)66-43(33-62-47)25-38-11-7-9-13-49(38)66/h6-13,26-32,42-43,54,62H,14-25,33-36H2,1-5H3,(H,73,74,75)/t42-,43-,54?/m0/s1. The molecule has 0 radical (unpaired) electrons. The molecule has 0 bridgehead atoms. The number of fused-ring (bicyclic) bond motifs is 8. The number of aromatic nitrogens is 1. The minimum absolute atomic E-state index is 0.0427. The van der Waals surface area contributed by atoms with Gasteiger partial charge in [-0.3, -0.25) is 38.6 Å². The van der Waals surface area contributed by atoms with Crippen LogP contribution in [0.5, 0.6) is 23.0 Å². The number of methoxy groups -OCH3 is 3. The molecule has 4 aromatic carbocycles. The van der Waals surface area contributed by atoms with Crippen LogP contribution in [0.15, 0.2) is 89.9 Å². The first-order chi connectivity index (χ1) is 41.4. The third kappa shape index (κ3) is 14.0. The van der Waals surface area contributed by atoms with Gasteiger partial charge in [-0.1, -0.05) is 58.0 Å². The van der Waals surface area contributed by atoms with Crippen LogP contribution >= 0.6 is 21.6 Å². The van der Waals surface area contributed by atoms with Crippen molar-refractivity contribution in [3.63, 3.8) is 0 Å². The number of hydrogen-bond acceptors (Lipinski definition) is 21. The number of carbonyl (C=O) groups is 5. The second kappa shape index (κ2) is 27.1. The van der Waals surface area contributed by atoms with Gasteiger partial charge in [0.1, 0.15) is 13.2 Å². The Morgan fingerprint density at radius 3 is 2.03 bits per heavy atom. The maximum absolute atomic E-state index is 14.3. The molecule has 6 heterocycles. The number of anilines is 4. The summed E-state index contributed by atoms with van der Waals surface area (Å²) in [6, 6.07) is 25.9. The highest BCUT2D eigenvalue weighted by molar-refractivity contribution is 8.77. The maximum atomic E-state index is 14.3. The molecule has 0 spiro atoms. The first-order valence-corrected chi connectivity index (χ1v) is 31.8. The average Bonchev–Trinajstić information content (AvgIpc) is 1.77. The lowest BCUT2D eigenvalue weighted by molar-refractivity contribution is -0.197. The predicted octanol–water partition coefficient (Wildman–Crippen LogP) is 7.44. The number of carbonyl (C=O) groups excluding carboxylic acids is 5. The molecule has 0 aliphatic carbocycles. The average molecular weight is 1240 g/mol. The second-order valence-corrected chi connectivity index (χ2v) is 26.2. The highest BCUT2D eigenvalue weighted by atomic mass is 33.1. The van der Waals surface area contributed by atoms with Crippen LogP contribution in [-0.4, -0.2) is 161 Å². The molecule has 2 N–H and O–H groups in total. The number of hydroxylamine groups is 2. The molecular formula is C60H67N7O16S3. The summed E-state index contributed by atoms with van der Waals surface area (Å²) < 4.78 is 76.0. The van der Waals surface area contributed by atoms with Crippen molar-refractivity contribution < 1.29 is 74.9 Å². The van der Waals surface area contributed by atoms with Gasteiger partial charge in [0.2, 0.25) is 0 Å². The molecule has 1 fully saturated rings. The van der Waals surface area contributed by atoms with Gasteiger partial charge in [-0.05, 0) is 74.2 Å². The lowest BCUT2D eigenvalue weighted by Gasteiger charge is -2.34. The van der Waals surface area contributed by atoms with Crippen LogP contribution in [-0.2, 0) is 69.6 Å². The lowest BCUT2D eigenvalue weighted by atomic mass is 10.1. The molecule has 456 valence electrons. The van der Waals surface area contributed by atoms with Crippen molar-refractivity contribution in [3.05, 3.63) is 119 Å². The van der Waals surface area contributed by atoms with E-state index in [-0.39, 0.29) is 73.8 Å². The van der Waals surface area contributed by atoms with Gasteiger partial charge in [0.05, 0.1) is 93.2 Å². The molecule has 3 atom stereocenters. The molecule has 1 aromatic heterocycles. The number of rotatable bonds is 28. The van der Waals surface area contributed by atoms with Crippen LogP contribution in [0.3, 0.4) is 0 Å². The maximum Gasteiger partial charge on any atom is 0.353 e.